The Bertz CT molecular complexity index is 489. The maximum Gasteiger partial charge on any atom is 0.139 e. The minimum atomic E-state index is 0.660. The zero-order chi connectivity index (χ0) is 11.4. The number of nitrogens with zero attached hydrogens (tertiary/aromatic N) is 2. The molecule has 2 rings (SSSR count). The lowest BCUT2D eigenvalue weighted by molar-refractivity contribution is 0.213. The minimum Gasteiger partial charge on any atom is -0.399 e. The largest absolute Gasteiger partial charge is 0.399 e. The summed E-state index contributed by atoms with van der Waals surface area (Å²) in [4.78, 5) is 4.83. The van der Waals surface area contributed by atoms with E-state index in [1.165, 1.54) is 13.4 Å². The first kappa shape index (κ1) is 10.4. The fourth-order valence-corrected chi connectivity index (χ4v) is 1.47. The molecule has 0 radical (unpaired) electrons. The zero-order valence-corrected chi connectivity index (χ0v) is 9.18. The van der Waals surface area contributed by atoms with Crippen LogP contribution < -0.4 is 0 Å². The lowest BCUT2D eigenvalue weighted by Crippen LogP contribution is -2.04. The Hall–Kier alpha value is -2.10. The summed E-state index contributed by atoms with van der Waals surface area (Å²) in [7, 11) is 1.51. The van der Waals surface area contributed by atoms with Crippen LogP contribution in [-0.2, 0) is 4.84 Å². The molecule has 0 spiro atoms. The highest BCUT2D eigenvalue weighted by molar-refractivity contribution is 6.11. The number of benzene rings is 1. The highest BCUT2D eigenvalue weighted by atomic mass is 16.6. The van der Waals surface area contributed by atoms with Gasteiger partial charge in [0.1, 0.15) is 24.8 Å². The van der Waals surface area contributed by atoms with Gasteiger partial charge in [-0.15, -0.1) is 0 Å². The van der Waals surface area contributed by atoms with Gasteiger partial charge in [0.2, 0.25) is 0 Å². The van der Waals surface area contributed by atoms with Crippen molar-refractivity contribution in [2.24, 2.45) is 5.16 Å². The van der Waals surface area contributed by atoms with Crippen molar-refractivity contribution in [1.29, 1.82) is 0 Å². The third-order valence-electron chi connectivity index (χ3n) is 2.15. The molecule has 0 N–H and O–H groups in total. The number of hydrogen-bond donors (Lipinski definition) is 0. The average Bonchev–Trinajstić information content (AvgIpc) is 2.79. The first-order chi connectivity index (χ1) is 7.81. The average molecular weight is 216 g/mol. The van der Waals surface area contributed by atoms with E-state index in [1.807, 2.05) is 31.2 Å². The normalized spacial score (nSPS) is 11.5. The SMILES string of the molecule is CON=C(c1cccc(C)c1)c1ccon1. The number of aromatic nitrogens is 1. The lowest BCUT2D eigenvalue weighted by atomic mass is 10.1. The van der Waals surface area contributed by atoms with Crippen molar-refractivity contribution >= 4 is 5.71 Å². The van der Waals surface area contributed by atoms with Crippen LogP contribution in [0.1, 0.15) is 16.8 Å². The summed E-state index contributed by atoms with van der Waals surface area (Å²) in [6.45, 7) is 2.02. The molecule has 0 unspecified atom stereocenters. The van der Waals surface area contributed by atoms with Crippen LogP contribution in [0.2, 0.25) is 0 Å². The van der Waals surface area contributed by atoms with Gasteiger partial charge in [-0.2, -0.15) is 0 Å². The second-order valence-corrected chi connectivity index (χ2v) is 3.38. The van der Waals surface area contributed by atoms with Crippen LogP contribution in [0.5, 0.6) is 0 Å². The molecule has 0 fully saturated rings. The monoisotopic (exact) mass is 216 g/mol. The molecule has 0 atom stereocenters. The predicted molar refractivity (Wildman–Crippen MR) is 60.3 cm³/mol. The number of aryl methyl sites for hydroxylation is 1. The molecule has 4 heteroatoms. The second-order valence-electron chi connectivity index (χ2n) is 3.38. The van der Waals surface area contributed by atoms with Gasteiger partial charge < -0.3 is 9.36 Å². The fourth-order valence-electron chi connectivity index (χ4n) is 1.47. The van der Waals surface area contributed by atoms with Gasteiger partial charge in [-0.25, -0.2) is 0 Å². The molecule has 2 aromatic rings. The Labute approximate surface area is 93.5 Å². The first-order valence-corrected chi connectivity index (χ1v) is 4.90. The Morgan fingerprint density at radius 2 is 2.25 bits per heavy atom. The van der Waals surface area contributed by atoms with Gasteiger partial charge in [0.15, 0.2) is 0 Å². The molecule has 1 heterocycles. The van der Waals surface area contributed by atoms with Crippen LogP contribution in [0, 0.1) is 6.92 Å². The van der Waals surface area contributed by atoms with Crippen LogP contribution >= 0.6 is 0 Å². The van der Waals surface area contributed by atoms with Crippen molar-refractivity contribution in [2.75, 3.05) is 7.11 Å². The fraction of sp³-hybridized carbons (Fsp3) is 0.167. The smallest absolute Gasteiger partial charge is 0.139 e. The van der Waals surface area contributed by atoms with Crippen molar-refractivity contribution in [1.82, 2.24) is 5.16 Å². The highest BCUT2D eigenvalue weighted by Gasteiger charge is 2.10. The molecule has 0 aliphatic rings. The van der Waals surface area contributed by atoms with Gasteiger partial charge in [-0.1, -0.05) is 34.1 Å². The molecule has 0 aliphatic heterocycles. The van der Waals surface area contributed by atoms with E-state index in [-0.39, 0.29) is 0 Å². The van der Waals surface area contributed by atoms with Gasteiger partial charge >= 0.3 is 0 Å². The quantitative estimate of drug-likeness (QED) is 0.584. The molecular formula is C12H12N2O2. The molecule has 0 aliphatic carbocycles. The molecular weight excluding hydrogens is 204 g/mol. The number of rotatable bonds is 3. The third kappa shape index (κ3) is 2.11. The molecule has 0 saturated carbocycles. The van der Waals surface area contributed by atoms with Crippen molar-refractivity contribution in [3.63, 3.8) is 0 Å². The summed E-state index contributed by atoms with van der Waals surface area (Å²) >= 11 is 0. The Balaban J connectivity index is 2.45. The topological polar surface area (TPSA) is 47.6 Å². The van der Waals surface area contributed by atoms with E-state index in [0.29, 0.717) is 11.4 Å². The molecule has 82 valence electrons. The van der Waals surface area contributed by atoms with E-state index in [2.05, 4.69) is 10.3 Å². The van der Waals surface area contributed by atoms with Gasteiger partial charge in [-0.05, 0) is 13.0 Å². The van der Waals surface area contributed by atoms with E-state index in [1.54, 1.807) is 6.07 Å². The Kier molecular flexibility index (Phi) is 3.00. The number of oxime groups is 1. The Morgan fingerprint density at radius 3 is 2.88 bits per heavy atom. The lowest BCUT2D eigenvalue weighted by Gasteiger charge is -2.03. The van der Waals surface area contributed by atoms with Crippen LogP contribution in [-0.4, -0.2) is 18.0 Å². The standard InChI is InChI=1S/C12H12N2O2/c1-9-4-3-5-10(8-9)12(14-15-2)11-6-7-16-13-11/h3-8H,1-2H3. The summed E-state index contributed by atoms with van der Waals surface area (Å²) in [6.07, 6.45) is 1.51. The summed E-state index contributed by atoms with van der Waals surface area (Å²) in [5.41, 5.74) is 3.44. The van der Waals surface area contributed by atoms with Gasteiger partial charge in [-0.3, -0.25) is 0 Å². The van der Waals surface area contributed by atoms with Crippen molar-refractivity contribution in [2.45, 2.75) is 6.92 Å². The van der Waals surface area contributed by atoms with E-state index in [9.17, 15) is 0 Å². The molecule has 0 saturated heterocycles. The van der Waals surface area contributed by atoms with Gasteiger partial charge in [0.05, 0.1) is 0 Å². The van der Waals surface area contributed by atoms with Gasteiger partial charge in [0, 0.05) is 11.6 Å². The molecule has 1 aromatic carbocycles. The maximum absolute atomic E-state index is 4.83. The van der Waals surface area contributed by atoms with Crippen molar-refractivity contribution in [3.8, 4) is 0 Å². The zero-order valence-electron chi connectivity index (χ0n) is 9.18. The van der Waals surface area contributed by atoms with Crippen LogP contribution in [0.4, 0.5) is 0 Å². The predicted octanol–water partition coefficient (Wildman–Crippen LogP) is 2.38. The summed E-state index contributed by atoms with van der Waals surface area (Å²) in [6, 6.07) is 9.72. The summed E-state index contributed by atoms with van der Waals surface area (Å²) < 4.78 is 4.81. The molecule has 4 nitrogen and oxygen atoms in total. The second kappa shape index (κ2) is 4.61. The summed E-state index contributed by atoms with van der Waals surface area (Å²) in [5, 5.41) is 7.83. The van der Waals surface area contributed by atoms with E-state index in [4.69, 9.17) is 9.36 Å². The minimum absolute atomic E-state index is 0.660. The molecule has 16 heavy (non-hydrogen) atoms. The molecule has 1 aromatic heterocycles. The van der Waals surface area contributed by atoms with Crippen LogP contribution in [0.25, 0.3) is 0 Å². The first-order valence-electron chi connectivity index (χ1n) is 4.90. The van der Waals surface area contributed by atoms with Crippen LogP contribution in [0.15, 0.2) is 46.3 Å². The van der Waals surface area contributed by atoms with E-state index >= 15 is 0 Å². The van der Waals surface area contributed by atoms with E-state index < -0.39 is 0 Å². The highest BCUT2D eigenvalue weighted by Crippen LogP contribution is 2.11. The third-order valence-corrected chi connectivity index (χ3v) is 2.15. The Morgan fingerprint density at radius 1 is 1.38 bits per heavy atom. The van der Waals surface area contributed by atoms with Crippen molar-refractivity contribution < 1.29 is 9.36 Å². The maximum atomic E-state index is 4.83. The van der Waals surface area contributed by atoms with E-state index in [0.717, 1.165) is 11.1 Å². The van der Waals surface area contributed by atoms with Gasteiger partial charge in [0.25, 0.3) is 0 Å². The summed E-state index contributed by atoms with van der Waals surface area (Å²) in [5.74, 6) is 0. The van der Waals surface area contributed by atoms with Crippen LogP contribution in [0.3, 0.4) is 0 Å². The van der Waals surface area contributed by atoms with Crippen molar-refractivity contribution in [3.05, 3.63) is 53.4 Å². The number of hydrogen-bond acceptors (Lipinski definition) is 4. The molecule has 0 amide bonds. The molecule has 0 bridgehead atoms.